The Hall–Kier alpha value is -3.33. The van der Waals surface area contributed by atoms with Gasteiger partial charge in [0.05, 0.1) is 23.1 Å². The predicted octanol–water partition coefficient (Wildman–Crippen LogP) is 3.80. The molecule has 0 amide bonds. The molecule has 0 atom stereocenters. The lowest BCUT2D eigenvalue weighted by Crippen LogP contribution is -2.26. The molecule has 0 saturated heterocycles. The molecule has 0 spiro atoms. The van der Waals surface area contributed by atoms with Gasteiger partial charge in [-0.3, -0.25) is 10.1 Å². The molecule has 0 aromatic heterocycles. The second-order valence-electron chi connectivity index (χ2n) is 5.24. The Morgan fingerprint density at radius 1 is 1.40 bits per heavy atom. The van der Waals surface area contributed by atoms with Crippen molar-refractivity contribution in [2.24, 2.45) is 5.73 Å². The zero-order chi connectivity index (χ0) is 18.8. The lowest BCUT2D eigenvalue weighted by atomic mass is 10.1. The number of nitrogens with two attached hydrogens (primary N) is 1. The minimum Gasteiger partial charge on any atom is -0.398 e. The summed E-state index contributed by atoms with van der Waals surface area (Å²) < 4.78 is 0. The second-order valence-corrected chi connectivity index (χ2v) is 5.24. The van der Waals surface area contributed by atoms with E-state index in [2.05, 4.69) is 12.6 Å². The lowest BCUT2D eigenvalue weighted by molar-refractivity contribution is -0.424. The predicted molar refractivity (Wildman–Crippen MR) is 99.2 cm³/mol. The number of benzene rings is 1. The Kier molecular flexibility index (Phi) is 7.67. The molecule has 0 fully saturated rings. The molecule has 25 heavy (non-hydrogen) atoms. The summed E-state index contributed by atoms with van der Waals surface area (Å²) in [7, 11) is 0. The molecule has 1 aromatic rings. The van der Waals surface area contributed by atoms with E-state index >= 15 is 0 Å². The maximum Gasteiger partial charge on any atom is 0.243 e. The van der Waals surface area contributed by atoms with Crippen LogP contribution in [0.5, 0.6) is 0 Å². The first kappa shape index (κ1) is 19.7. The maximum atomic E-state index is 10.8. The fourth-order valence-corrected chi connectivity index (χ4v) is 2.25. The Bertz CT molecular complexity index is 755. The van der Waals surface area contributed by atoms with Crippen LogP contribution >= 0.6 is 0 Å². The van der Waals surface area contributed by atoms with Crippen LogP contribution < -0.4 is 5.73 Å². The summed E-state index contributed by atoms with van der Waals surface area (Å²) in [6.45, 7) is 7.45. The van der Waals surface area contributed by atoms with Crippen LogP contribution in [-0.2, 0) is 0 Å². The number of nitrogens with zero attached hydrogens (tertiary/aromatic N) is 3. The normalized spacial score (nSPS) is 12.4. The largest absolute Gasteiger partial charge is 0.398 e. The van der Waals surface area contributed by atoms with Crippen LogP contribution in [0.2, 0.25) is 0 Å². The van der Waals surface area contributed by atoms with Gasteiger partial charge in [-0.2, -0.15) is 5.26 Å². The molecule has 6 nitrogen and oxygen atoms in total. The highest BCUT2D eigenvalue weighted by molar-refractivity contribution is 5.66. The highest BCUT2D eigenvalue weighted by Gasteiger charge is 2.17. The Morgan fingerprint density at radius 2 is 2.04 bits per heavy atom. The van der Waals surface area contributed by atoms with E-state index in [1.54, 1.807) is 6.08 Å². The van der Waals surface area contributed by atoms with Crippen LogP contribution in [0.4, 0.5) is 0 Å². The van der Waals surface area contributed by atoms with Gasteiger partial charge in [-0.05, 0) is 18.6 Å². The van der Waals surface area contributed by atoms with E-state index in [9.17, 15) is 10.1 Å². The molecule has 0 aliphatic heterocycles. The first-order valence-electron chi connectivity index (χ1n) is 7.76. The van der Waals surface area contributed by atoms with Crippen molar-refractivity contribution in [1.29, 1.82) is 5.26 Å². The van der Waals surface area contributed by atoms with Gasteiger partial charge in [-0.1, -0.05) is 43.0 Å². The van der Waals surface area contributed by atoms with Crippen molar-refractivity contribution in [2.75, 3.05) is 6.54 Å². The summed E-state index contributed by atoms with van der Waals surface area (Å²) in [4.78, 5) is 12.2. The molecular formula is C19H22N4O2. The first-order valence-corrected chi connectivity index (χ1v) is 7.76. The van der Waals surface area contributed by atoms with Gasteiger partial charge in [0.1, 0.15) is 0 Å². The van der Waals surface area contributed by atoms with E-state index < -0.39 is 4.92 Å². The molecule has 0 bridgehead atoms. The van der Waals surface area contributed by atoms with Gasteiger partial charge < -0.3 is 10.6 Å². The summed E-state index contributed by atoms with van der Waals surface area (Å²) in [5.41, 5.74) is 8.50. The molecule has 1 rings (SSSR count). The molecule has 1 aromatic carbocycles. The number of hydrogen-bond acceptors (Lipinski definition) is 5. The van der Waals surface area contributed by atoms with E-state index in [1.165, 1.54) is 13.0 Å². The number of hydrogen-bond donors (Lipinski definition) is 1. The van der Waals surface area contributed by atoms with Crippen molar-refractivity contribution in [3.05, 3.63) is 87.9 Å². The molecular weight excluding hydrogens is 316 g/mol. The molecule has 6 heteroatoms. The second kappa shape index (κ2) is 9.73. The van der Waals surface area contributed by atoms with Crippen LogP contribution in [0.1, 0.15) is 25.8 Å². The summed E-state index contributed by atoms with van der Waals surface area (Å²) in [6.07, 6.45) is 5.12. The fraction of sp³-hybridized carbons (Fsp3) is 0.211. The highest BCUT2D eigenvalue weighted by atomic mass is 16.6. The molecule has 0 aliphatic carbocycles. The average molecular weight is 338 g/mol. The van der Waals surface area contributed by atoms with Gasteiger partial charge in [-0.15, -0.1) is 0 Å². The van der Waals surface area contributed by atoms with Crippen LogP contribution in [0.15, 0.2) is 72.2 Å². The smallest absolute Gasteiger partial charge is 0.243 e. The van der Waals surface area contributed by atoms with E-state index in [1.807, 2.05) is 48.2 Å². The van der Waals surface area contributed by atoms with Crippen molar-refractivity contribution in [3.63, 3.8) is 0 Å². The highest BCUT2D eigenvalue weighted by Crippen LogP contribution is 2.26. The quantitative estimate of drug-likeness (QED) is 0.442. The third kappa shape index (κ3) is 5.66. The molecule has 0 aliphatic rings. The minimum atomic E-state index is -0.471. The molecule has 0 heterocycles. The number of nitriles is 1. The molecule has 130 valence electrons. The fourth-order valence-electron chi connectivity index (χ4n) is 2.25. The first-order chi connectivity index (χ1) is 11.9. The van der Waals surface area contributed by atoms with Crippen molar-refractivity contribution < 1.29 is 4.92 Å². The van der Waals surface area contributed by atoms with E-state index in [0.29, 0.717) is 12.2 Å². The van der Waals surface area contributed by atoms with Gasteiger partial charge >= 0.3 is 0 Å². The van der Waals surface area contributed by atoms with Crippen LogP contribution in [0, 0.1) is 21.4 Å². The monoisotopic (exact) mass is 338 g/mol. The summed E-state index contributed by atoms with van der Waals surface area (Å²) >= 11 is 0. The molecule has 0 radical (unpaired) electrons. The third-order valence-electron chi connectivity index (χ3n) is 3.47. The lowest BCUT2D eigenvalue weighted by Gasteiger charge is -2.29. The summed E-state index contributed by atoms with van der Waals surface area (Å²) in [5, 5.41) is 19.8. The molecule has 0 unspecified atom stereocenters. The van der Waals surface area contributed by atoms with E-state index in [4.69, 9.17) is 11.0 Å². The standard InChI is InChI=1S/C19H22N4O2/c1-4-18(17-9-6-5-7-10-17)22(14-8-13-20)19(16(3)21)12-11-15(2)23(24)25/h4-7,9-12H,3,8,14,21H2,1-2H3/b15-11+,18-4-,19-12+. The average Bonchev–Trinajstić information content (AvgIpc) is 2.60. The number of allylic oxidation sites excluding steroid dienone is 4. The summed E-state index contributed by atoms with van der Waals surface area (Å²) in [6, 6.07) is 11.8. The zero-order valence-corrected chi connectivity index (χ0v) is 14.5. The van der Waals surface area contributed by atoms with Gasteiger partial charge in [-0.25, -0.2) is 0 Å². The van der Waals surface area contributed by atoms with Gasteiger partial charge in [0.2, 0.25) is 5.70 Å². The maximum absolute atomic E-state index is 10.8. The van der Waals surface area contributed by atoms with Crippen LogP contribution in [0.25, 0.3) is 5.70 Å². The van der Waals surface area contributed by atoms with Gasteiger partial charge in [0.25, 0.3) is 0 Å². The van der Waals surface area contributed by atoms with E-state index in [0.717, 1.165) is 11.3 Å². The van der Waals surface area contributed by atoms with Crippen molar-refractivity contribution in [3.8, 4) is 6.07 Å². The zero-order valence-electron chi connectivity index (χ0n) is 14.5. The Labute approximate surface area is 148 Å². The van der Waals surface area contributed by atoms with E-state index in [-0.39, 0.29) is 17.8 Å². The topological polar surface area (TPSA) is 96.2 Å². The minimum absolute atomic E-state index is 0.0132. The molecule has 0 saturated carbocycles. The SMILES string of the molecule is C=C(N)/C(=C\C=C(/C)[N+](=O)[O-])N(CCC#N)/C(=C\C)c1ccccc1. The number of nitro groups is 1. The van der Waals surface area contributed by atoms with Gasteiger partial charge in [0.15, 0.2) is 0 Å². The van der Waals surface area contributed by atoms with Crippen molar-refractivity contribution in [1.82, 2.24) is 4.90 Å². The summed E-state index contributed by atoms with van der Waals surface area (Å²) in [5.74, 6) is 0. The third-order valence-corrected chi connectivity index (χ3v) is 3.47. The van der Waals surface area contributed by atoms with Gasteiger partial charge in [0, 0.05) is 30.9 Å². The van der Waals surface area contributed by atoms with Crippen LogP contribution in [-0.4, -0.2) is 16.4 Å². The van der Waals surface area contributed by atoms with Crippen LogP contribution in [0.3, 0.4) is 0 Å². The number of rotatable bonds is 8. The molecule has 2 N–H and O–H groups in total. The Balaban J connectivity index is 3.41. The van der Waals surface area contributed by atoms with Crippen molar-refractivity contribution >= 4 is 5.70 Å². The Morgan fingerprint density at radius 3 is 2.52 bits per heavy atom. The van der Waals surface area contributed by atoms with Crippen molar-refractivity contribution in [2.45, 2.75) is 20.3 Å².